The van der Waals surface area contributed by atoms with Crippen LogP contribution in [0.1, 0.15) is 5.56 Å². The minimum Gasteiger partial charge on any atom is -0.480 e. The van der Waals surface area contributed by atoms with Crippen LogP contribution in [0.25, 0.3) is 0 Å². The van der Waals surface area contributed by atoms with Crippen LogP contribution in [0.5, 0.6) is 5.88 Å². The van der Waals surface area contributed by atoms with Crippen molar-refractivity contribution < 1.29 is 9.53 Å². The largest absolute Gasteiger partial charge is 0.480 e. The number of nitrogens with zero attached hydrogens (tertiary/aromatic N) is 1. The first-order valence-electron chi connectivity index (χ1n) is 3.70. The number of nitrogens with one attached hydrogen (secondary N) is 1. The molecule has 0 spiro atoms. The Labute approximate surface area is 75.9 Å². The van der Waals surface area contributed by atoms with E-state index < -0.39 is 6.03 Å². The van der Waals surface area contributed by atoms with Crippen LogP contribution in [0.15, 0.2) is 12.3 Å². The third-order valence-corrected chi connectivity index (χ3v) is 1.44. The molecule has 70 valence electrons. The number of primary amides is 1. The first kappa shape index (κ1) is 9.31. The van der Waals surface area contributed by atoms with Crippen molar-refractivity contribution in [3.8, 4) is 5.88 Å². The number of carbonyl (C=O) groups excluding carboxylic acids is 1. The lowest BCUT2D eigenvalue weighted by Gasteiger charge is -2.07. The third kappa shape index (κ3) is 2.33. The van der Waals surface area contributed by atoms with Gasteiger partial charge in [-0.2, -0.15) is 0 Å². The molecule has 0 unspecified atom stereocenters. The number of amides is 2. The second-order valence-corrected chi connectivity index (χ2v) is 2.56. The van der Waals surface area contributed by atoms with Gasteiger partial charge < -0.3 is 15.8 Å². The zero-order valence-electron chi connectivity index (χ0n) is 7.50. The van der Waals surface area contributed by atoms with Crippen LogP contribution in [0.4, 0.5) is 10.5 Å². The monoisotopic (exact) mass is 181 g/mol. The highest BCUT2D eigenvalue weighted by atomic mass is 16.5. The molecule has 1 aromatic rings. The Morgan fingerprint density at radius 2 is 2.38 bits per heavy atom. The predicted octanol–water partition coefficient (Wildman–Crippen LogP) is 0.889. The van der Waals surface area contributed by atoms with Gasteiger partial charge in [-0.1, -0.05) is 0 Å². The van der Waals surface area contributed by atoms with Crippen molar-refractivity contribution in [3.05, 3.63) is 17.8 Å². The Hall–Kier alpha value is -1.78. The van der Waals surface area contributed by atoms with Gasteiger partial charge in [0.15, 0.2) is 0 Å². The van der Waals surface area contributed by atoms with E-state index >= 15 is 0 Å². The molecule has 5 nitrogen and oxygen atoms in total. The highest BCUT2D eigenvalue weighted by Crippen LogP contribution is 2.21. The second kappa shape index (κ2) is 3.75. The molecule has 0 atom stereocenters. The summed E-state index contributed by atoms with van der Waals surface area (Å²) in [6.45, 7) is 1.86. The first-order chi connectivity index (χ1) is 6.13. The van der Waals surface area contributed by atoms with Crippen LogP contribution >= 0.6 is 0 Å². The summed E-state index contributed by atoms with van der Waals surface area (Å²) in [6, 6.07) is 1.10. The molecule has 0 aromatic carbocycles. The lowest BCUT2D eigenvalue weighted by atomic mass is 10.3. The fourth-order valence-corrected chi connectivity index (χ4v) is 0.942. The number of hydrogen-bond acceptors (Lipinski definition) is 3. The normalized spacial score (nSPS) is 9.38. The number of carbonyl (C=O) groups is 1. The van der Waals surface area contributed by atoms with E-state index in [0.717, 1.165) is 5.56 Å². The number of ether oxygens (including phenoxy) is 1. The standard InChI is InChI=1S/C8H11N3O2/c1-5-3-6(11-8(9)12)7(13-2)10-4-5/h3-4H,1-2H3,(H3,9,11,12). The molecule has 0 saturated carbocycles. The molecule has 0 saturated heterocycles. The Morgan fingerprint density at radius 3 is 2.92 bits per heavy atom. The Kier molecular flexibility index (Phi) is 2.69. The van der Waals surface area contributed by atoms with Gasteiger partial charge in [0.05, 0.1) is 7.11 Å². The summed E-state index contributed by atoms with van der Waals surface area (Å²) in [7, 11) is 1.48. The van der Waals surface area contributed by atoms with Gasteiger partial charge in [-0.25, -0.2) is 9.78 Å². The van der Waals surface area contributed by atoms with Crippen LogP contribution in [0, 0.1) is 6.92 Å². The molecule has 13 heavy (non-hydrogen) atoms. The van der Waals surface area contributed by atoms with Gasteiger partial charge in [-0.3, -0.25) is 0 Å². The molecule has 0 aliphatic carbocycles. The average molecular weight is 181 g/mol. The number of rotatable bonds is 2. The Balaban J connectivity index is 3.01. The molecular formula is C8H11N3O2. The van der Waals surface area contributed by atoms with Gasteiger partial charge in [0.2, 0.25) is 5.88 Å². The van der Waals surface area contributed by atoms with E-state index in [0.29, 0.717) is 11.6 Å². The van der Waals surface area contributed by atoms with Crippen molar-refractivity contribution >= 4 is 11.7 Å². The summed E-state index contributed by atoms with van der Waals surface area (Å²) < 4.78 is 4.92. The lowest BCUT2D eigenvalue weighted by molar-refractivity contribution is 0.259. The van der Waals surface area contributed by atoms with Crippen LogP contribution < -0.4 is 15.8 Å². The molecule has 0 fully saturated rings. The number of urea groups is 1. The molecule has 0 bridgehead atoms. The maximum absolute atomic E-state index is 10.6. The molecule has 1 rings (SSSR count). The van der Waals surface area contributed by atoms with Gasteiger partial charge in [0.25, 0.3) is 0 Å². The van der Waals surface area contributed by atoms with Crippen molar-refractivity contribution in [2.45, 2.75) is 6.92 Å². The molecule has 0 aliphatic rings. The maximum atomic E-state index is 10.6. The maximum Gasteiger partial charge on any atom is 0.316 e. The summed E-state index contributed by atoms with van der Waals surface area (Å²) in [6.07, 6.45) is 1.64. The van der Waals surface area contributed by atoms with Gasteiger partial charge >= 0.3 is 6.03 Å². The molecule has 0 aliphatic heterocycles. The molecule has 1 aromatic heterocycles. The minimum atomic E-state index is -0.634. The van der Waals surface area contributed by atoms with Crippen LogP contribution in [0.3, 0.4) is 0 Å². The Bertz CT molecular complexity index is 325. The number of hydrogen-bond donors (Lipinski definition) is 2. The van der Waals surface area contributed by atoms with Crippen molar-refractivity contribution in [2.75, 3.05) is 12.4 Å². The van der Waals surface area contributed by atoms with Crippen LogP contribution in [-0.2, 0) is 0 Å². The van der Waals surface area contributed by atoms with Gasteiger partial charge in [0.1, 0.15) is 5.69 Å². The summed E-state index contributed by atoms with van der Waals surface area (Å²) in [5.41, 5.74) is 6.37. The summed E-state index contributed by atoms with van der Waals surface area (Å²) in [5.74, 6) is 0.351. The summed E-state index contributed by atoms with van der Waals surface area (Å²) >= 11 is 0. The summed E-state index contributed by atoms with van der Waals surface area (Å²) in [4.78, 5) is 14.5. The van der Waals surface area contributed by atoms with E-state index in [9.17, 15) is 4.79 Å². The van der Waals surface area contributed by atoms with Crippen LogP contribution in [-0.4, -0.2) is 18.1 Å². The molecule has 0 radical (unpaired) electrons. The van der Waals surface area contributed by atoms with E-state index in [2.05, 4.69) is 10.3 Å². The van der Waals surface area contributed by atoms with E-state index in [1.54, 1.807) is 12.3 Å². The zero-order chi connectivity index (χ0) is 9.84. The Morgan fingerprint density at radius 1 is 1.69 bits per heavy atom. The SMILES string of the molecule is COc1ncc(C)cc1NC(N)=O. The third-order valence-electron chi connectivity index (χ3n) is 1.44. The quantitative estimate of drug-likeness (QED) is 0.711. The zero-order valence-corrected chi connectivity index (χ0v) is 7.50. The smallest absolute Gasteiger partial charge is 0.316 e. The van der Waals surface area contributed by atoms with Gasteiger partial charge in [-0.05, 0) is 18.6 Å². The van der Waals surface area contributed by atoms with E-state index in [4.69, 9.17) is 10.5 Å². The topological polar surface area (TPSA) is 77.2 Å². The first-order valence-corrected chi connectivity index (χ1v) is 3.70. The van der Waals surface area contributed by atoms with Crippen molar-refractivity contribution in [3.63, 3.8) is 0 Å². The number of nitrogens with two attached hydrogens (primary N) is 1. The van der Waals surface area contributed by atoms with Crippen LogP contribution in [0.2, 0.25) is 0 Å². The predicted molar refractivity (Wildman–Crippen MR) is 48.7 cm³/mol. The number of anilines is 1. The fraction of sp³-hybridized carbons (Fsp3) is 0.250. The molecule has 3 N–H and O–H groups in total. The number of pyridine rings is 1. The molecular weight excluding hydrogens is 170 g/mol. The van der Waals surface area contributed by atoms with E-state index in [-0.39, 0.29) is 0 Å². The van der Waals surface area contributed by atoms with Crippen molar-refractivity contribution in [1.82, 2.24) is 4.98 Å². The molecule has 5 heteroatoms. The summed E-state index contributed by atoms with van der Waals surface area (Å²) in [5, 5.41) is 2.42. The van der Waals surface area contributed by atoms with Crippen molar-refractivity contribution in [1.29, 1.82) is 0 Å². The molecule has 2 amide bonds. The molecule has 1 heterocycles. The lowest BCUT2D eigenvalue weighted by Crippen LogP contribution is -2.20. The van der Waals surface area contributed by atoms with E-state index in [1.165, 1.54) is 7.11 Å². The average Bonchev–Trinajstić information content (AvgIpc) is 2.03. The van der Waals surface area contributed by atoms with E-state index in [1.807, 2.05) is 6.92 Å². The highest BCUT2D eigenvalue weighted by molar-refractivity contribution is 5.89. The number of methoxy groups -OCH3 is 1. The fourth-order valence-electron chi connectivity index (χ4n) is 0.942. The number of aromatic nitrogens is 1. The highest BCUT2D eigenvalue weighted by Gasteiger charge is 2.05. The second-order valence-electron chi connectivity index (χ2n) is 2.56. The van der Waals surface area contributed by atoms with Gasteiger partial charge in [0, 0.05) is 6.20 Å². The minimum absolute atomic E-state index is 0.351. The number of aryl methyl sites for hydroxylation is 1. The van der Waals surface area contributed by atoms with Gasteiger partial charge in [-0.15, -0.1) is 0 Å². The van der Waals surface area contributed by atoms with Crippen molar-refractivity contribution in [2.24, 2.45) is 5.73 Å².